The molecule has 8 heteroatoms. The quantitative estimate of drug-likeness (QED) is 0.499. The fourth-order valence-corrected chi connectivity index (χ4v) is 5.91. The smallest absolute Gasteiger partial charge is 0.243 e. The van der Waals surface area contributed by atoms with Gasteiger partial charge in [-0.3, -0.25) is 0 Å². The second kappa shape index (κ2) is 9.94. The monoisotopic (exact) mass is 505 g/mol. The molecule has 1 aliphatic heterocycles. The van der Waals surface area contributed by atoms with Crippen LogP contribution in [0.5, 0.6) is 0 Å². The van der Waals surface area contributed by atoms with Crippen LogP contribution in [0.15, 0.2) is 88.3 Å². The Morgan fingerprint density at radius 3 is 2.55 bits per heavy atom. The second-order valence-corrected chi connectivity index (χ2v) is 10.8. The van der Waals surface area contributed by atoms with Gasteiger partial charge in [-0.1, -0.05) is 35.3 Å². The molecule has 0 spiro atoms. The summed E-state index contributed by atoms with van der Waals surface area (Å²) < 4.78 is 41.9. The number of hydrogen-bond acceptors (Lipinski definition) is 3. The molecule has 4 rings (SSSR count). The predicted octanol–water partition coefficient (Wildman–Crippen LogP) is 5.87. The van der Waals surface area contributed by atoms with Gasteiger partial charge in [0.05, 0.1) is 23.3 Å². The number of allylic oxidation sites excluding steroid dienone is 3. The zero-order valence-electron chi connectivity index (χ0n) is 17.8. The van der Waals surface area contributed by atoms with Gasteiger partial charge in [-0.25, -0.2) is 17.5 Å². The number of nitrogens with one attached hydrogen (secondary N) is 1. The third-order valence-electron chi connectivity index (χ3n) is 5.95. The van der Waals surface area contributed by atoms with E-state index >= 15 is 0 Å². The Bertz CT molecular complexity index is 1210. The Kier molecular flexibility index (Phi) is 7.19. The number of anilines is 1. The van der Waals surface area contributed by atoms with Crippen molar-refractivity contribution in [2.75, 3.05) is 18.0 Å². The van der Waals surface area contributed by atoms with Crippen molar-refractivity contribution in [3.8, 4) is 0 Å². The molecule has 172 valence electrons. The Morgan fingerprint density at radius 2 is 1.85 bits per heavy atom. The minimum Gasteiger partial charge on any atom is -0.356 e. The number of nitrogens with zero attached hydrogens (tertiary/aromatic N) is 1. The van der Waals surface area contributed by atoms with Gasteiger partial charge < -0.3 is 4.90 Å². The van der Waals surface area contributed by atoms with Crippen LogP contribution in [0, 0.1) is 18.2 Å². The molecule has 1 saturated heterocycles. The summed E-state index contributed by atoms with van der Waals surface area (Å²) in [7, 11) is -3.94. The number of benzene rings is 2. The highest BCUT2D eigenvalue weighted by Gasteiger charge is 2.36. The van der Waals surface area contributed by atoms with Crippen molar-refractivity contribution in [3.05, 3.63) is 101 Å². The average Bonchev–Trinajstić information content (AvgIpc) is 2.79. The summed E-state index contributed by atoms with van der Waals surface area (Å²) in [5.74, 6) is -0.732. The van der Waals surface area contributed by atoms with Crippen LogP contribution < -0.4 is 9.62 Å². The number of sulfonamides is 1. The molecular formula is C25H24Cl2FN2O2S+. The maximum atomic E-state index is 14.0. The Hall–Kier alpha value is -2.25. The van der Waals surface area contributed by atoms with E-state index in [1.807, 2.05) is 42.8 Å². The molecule has 1 aliphatic carbocycles. The van der Waals surface area contributed by atoms with Gasteiger partial charge in [0.15, 0.2) is 0 Å². The normalized spacial score (nSPS) is 21.3. The molecule has 0 aromatic heterocycles. The van der Waals surface area contributed by atoms with E-state index in [0.29, 0.717) is 16.6 Å². The summed E-state index contributed by atoms with van der Waals surface area (Å²) in [4.78, 5) is 1.89. The Balaban J connectivity index is 1.54. The van der Waals surface area contributed by atoms with Crippen molar-refractivity contribution < 1.29 is 12.8 Å². The lowest BCUT2D eigenvalue weighted by Gasteiger charge is -2.41. The highest BCUT2D eigenvalue weighted by Crippen LogP contribution is 2.37. The molecule has 2 aromatic rings. The van der Waals surface area contributed by atoms with Crippen molar-refractivity contribution in [2.24, 2.45) is 5.92 Å². The van der Waals surface area contributed by atoms with Crippen molar-refractivity contribution in [3.63, 3.8) is 0 Å². The van der Waals surface area contributed by atoms with Crippen LogP contribution >= 0.6 is 23.2 Å². The molecule has 0 radical (unpaired) electrons. The summed E-state index contributed by atoms with van der Waals surface area (Å²) in [6.07, 6.45) is 7.36. The summed E-state index contributed by atoms with van der Waals surface area (Å²) in [6.45, 7) is 4.75. The van der Waals surface area contributed by atoms with Crippen molar-refractivity contribution in [1.82, 2.24) is 4.72 Å². The Labute approximate surface area is 204 Å². The molecule has 2 aliphatic rings. The molecule has 2 atom stereocenters. The molecule has 33 heavy (non-hydrogen) atoms. The van der Waals surface area contributed by atoms with Gasteiger partial charge in [0, 0.05) is 36.3 Å². The van der Waals surface area contributed by atoms with E-state index in [1.54, 1.807) is 0 Å². The minimum atomic E-state index is -3.94. The lowest BCUT2D eigenvalue weighted by Crippen LogP contribution is -2.47. The summed E-state index contributed by atoms with van der Waals surface area (Å²) in [6, 6.07) is 13.0. The van der Waals surface area contributed by atoms with Gasteiger partial charge in [0.25, 0.3) is 0 Å². The second-order valence-electron chi connectivity index (χ2n) is 8.23. The number of piperidine rings is 1. The van der Waals surface area contributed by atoms with Gasteiger partial charge in [-0.15, -0.1) is 0 Å². The van der Waals surface area contributed by atoms with Gasteiger partial charge in [-0.2, -0.15) is 0 Å². The summed E-state index contributed by atoms with van der Waals surface area (Å²) >= 11 is 12.7. The van der Waals surface area contributed by atoms with E-state index < -0.39 is 15.8 Å². The molecule has 0 saturated carbocycles. The van der Waals surface area contributed by atoms with Gasteiger partial charge >= 0.3 is 0 Å². The molecule has 2 aromatic carbocycles. The first kappa shape index (κ1) is 23.9. The number of rotatable bonds is 6. The van der Waals surface area contributed by atoms with Crippen LogP contribution in [0.2, 0.25) is 5.02 Å². The maximum Gasteiger partial charge on any atom is 0.243 e. The molecule has 1 heterocycles. The summed E-state index contributed by atoms with van der Waals surface area (Å²) in [5.41, 5.74) is 2.82. The lowest BCUT2D eigenvalue weighted by atomic mass is 9.86. The maximum absolute atomic E-state index is 14.0. The van der Waals surface area contributed by atoms with Crippen molar-refractivity contribution >= 4 is 38.9 Å². The predicted molar refractivity (Wildman–Crippen MR) is 132 cm³/mol. The van der Waals surface area contributed by atoms with E-state index in [4.69, 9.17) is 23.2 Å². The van der Waals surface area contributed by atoms with Crippen LogP contribution in [0.1, 0.15) is 12.8 Å². The molecule has 2 unspecified atom stereocenters. The molecule has 1 N–H and O–H groups in total. The molecule has 4 nitrogen and oxygen atoms in total. The van der Waals surface area contributed by atoms with Crippen molar-refractivity contribution in [2.45, 2.75) is 23.8 Å². The minimum absolute atomic E-state index is 0.0266. The van der Waals surface area contributed by atoms with E-state index in [1.165, 1.54) is 18.2 Å². The largest absolute Gasteiger partial charge is 0.356 e. The van der Waals surface area contributed by atoms with Crippen LogP contribution in [0.3, 0.4) is 0 Å². The number of hydrogen-bond donors (Lipinski definition) is 1. The van der Waals surface area contributed by atoms with Crippen LogP contribution in [0.4, 0.5) is 10.1 Å². The fraction of sp³-hybridized carbons (Fsp3) is 0.240. The third kappa shape index (κ3) is 5.46. The molecule has 1 fully saturated rings. The standard InChI is InChI=1S/C25H24Cl2FN2O2S/c1-17-6-12-21(22(27)14-17)24-13-7-18(16-30(24)20-10-8-19(26)9-11-20)15-29-33(31,32)25-5-3-2-4-23(25)28/h2-6,8-12,14,18,24,29H,1,7,13,15-16H2/q+1. The zero-order valence-corrected chi connectivity index (χ0v) is 20.2. The molecular weight excluding hydrogens is 482 g/mol. The SMILES string of the molecule is C=C1C=C(Cl)C(C2CCC(CNS(=O)(=O)c3ccccc3F)CN2c2ccc(Cl)cc2)=C[CH+]1. The van der Waals surface area contributed by atoms with Crippen LogP contribution in [-0.2, 0) is 10.0 Å². The van der Waals surface area contributed by atoms with E-state index in [2.05, 4.69) is 16.2 Å². The van der Waals surface area contributed by atoms with E-state index in [9.17, 15) is 12.8 Å². The zero-order chi connectivity index (χ0) is 23.6. The topological polar surface area (TPSA) is 49.4 Å². The van der Waals surface area contributed by atoms with Gasteiger partial charge in [0.1, 0.15) is 15.7 Å². The first-order chi connectivity index (χ1) is 15.7. The van der Waals surface area contributed by atoms with Gasteiger partial charge in [-0.05, 0) is 61.7 Å². The third-order valence-corrected chi connectivity index (χ3v) is 7.99. The van der Waals surface area contributed by atoms with E-state index in [0.717, 1.165) is 35.7 Å². The number of halogens is 3. The van der Waals surface area contributed by atoms with Crippen LogP contribution in [0.25, 0.3) is 0 Å². The fourth-order valence-electron chi connectivity index (χ4n) is 4.26. The Morgan fingerprint density at radius 1 is 1.12 bits per heavy atom. The van der Waals surface area contributed by atoms with Crippen LogP contribution in [-0.4, -0.2) is 27.5 Å². The first-order valence-electron chi connectivity index (χ1n) is 10.6. The van der Waals surface area contributed by atoms with Crippen molar-refractivity contribution in [1.29, 1.82) is 0 Å². The molecule has 0 amide bonds. The lowest BCUT2D eigenvalue weighted by molar-refractivity contribution is 0.375. The molecule has 0 bridgehead atoms. The average molecular weight is 506 g/mol. The first-order valence-corrected chi connectivity index (χ1v) is 12.9. The highest BCUT2D eigenvalue weighted by molar-refractivity contribution is 7.89. The highest BCUT2D eigenvalue weighted by atomic mass is 35.5. The van der Waals surface area contributed by atoms with E-state index in [-0.39, 0.29) is 23.4 Å². The summed E-state index contributed by atoms with van der Waals surface area (Å²) in [5, 5.41) is 1.30. The van der Waals surface area contributed by atoms with Gasteiger partial charge in [0.2, 0.25) is 10.0 Å².